The zero-order valence-corrected chi connectivity index (χ0v) is 15.5. The van der Waals surface area contributed by atoms with Crippen molar-refractivity contribution in [3.8, 4) is 5.75 Å². The molecule has 1 aliphatic rings. The van der Waals surface area contributed by atoms with E-state index in [1.807, 2.05) is 6.92 Å². The smallest absolute Gasteiger partial charge is 0.347 e. The monoisotopic (exact) mass is 367 g/mol. The van der Waals surface area contributed by atoms with Gasteiger partial charge in [-0.2, -0.15) is 0 Å². The molecule has 2 aromatic rings. The van der Waals surface area contributed by atoms with Crippen molar-refractivity contribution in [2.45, 2.75) is 39.4 Å². The number of hydrogen-bond donors (Lipinski definition) is 0. The molecule has 0 saturated carbocycles. The van der Waals surface area contributed by atoms with Crippen LogP contribution in [-0.4, -0.2) is 30.0 Å². The predicted octanol–water partition coefficient (Wildman–Crippen LogP) is 3.60. The molecule has 2 aromatic carbocycles. The number of nitrogens with zero attached hydrogens (tertiary/aromatic N) is 1. The number of anilines is 1. The second kappa shape index (κ2) is 7.61. The van der Waals surface area contributed by atoms with E-state index in [2.05, 4.69) is 0 Å². The molecular formula is C21H21NO5. The molecule has 6 nitrogen and oxygen atoms in total. The second-order valence-electron chi connectivity index (χ2n) is 6.49. The van der Waals surface area contributed by atoms with Crippen LogP contribution in [0.15, 0.2) is 48.5 Å². The van der Waals surface area contributed by atoms with Gasteiger partial charge in [-0.1, -0.05) is 19.1 Å². The molecule has 1 heterocycles. The number of carbonyl (C=O) groups excluding carboxylic acids is 3. The third kappa shape index (κ3) is 3.69. The minimum absolute atomic E-state index is 0.216. The maximum Gasteiger partial charge on any atom is 0.347 e. The molecule has 0 aliphatic carbocycles. The number of benzene rings is 2. The van der Waals surface area contributed by atoms with E-state index in [1.54, 1.807) is 62.4 Å². The van der Waals surface area contributed by atoms with Crippen LogP contribution in [0.4, 0.5) is 5.69 Å². The summed E-state index contributed by atoms with van der Waals surface area (Å²) in [4.78, 5) is 38.2. The van der Waals surface area contributed by atoms with Crippen LogP contribution in [0.3, 0.4) is 0 Å². The van der Waals surface area contributed by atoms with Gasteiger partial charge in [-0.15, -0.1) is 0 Å². The fraction of sp³-hybridized carbons (Fsp3) is 0.286. The van der Waals surface area contributed by atoms with E-state index in [1.165, 1.54) is 0 Å². The number of imide groups is 1. The lowest BCUT2D eigenvalue weighted by atomic mass is 10.1. The average Bonchev–Trinajstić information content (AvgIpc) is 2.91. The van der Waals surface area contributed by atoms with E-state index < -0.39 is 12.1 Å². The number of ether oxygens (including phenoxy) is 2. The van der Waals surface area contributed by atoms with Crippen LogP contribution in [0.1, 0.15) is 47.9 Å². The fourth-order valence-corrected chi connectivity index (χ4v) is 2.87. The van der Waals surface area contributed by atoms with Crippen LogP contribution < -0.4 is 9.64 Å². The van der Waals surface area contributed by atoms with Gasteiger partial charge in [0.05, 0.1) is 22.9 Å². The molecule has 1 atom stereocenters. The molecular weight excluding hydrogens is 346 g/mol. The summed E-state index contributed by atoms with van der Waals surface area (Å²) in [5.74, 6) is -0.660. The normalized spacial score (nSPS) is 14.3. The van der Waals surface area contributed by atoms with Gasteiger partial charge in [0.25, 0.3) is 11.8 Å². The number of fused-ring (bicyclic) bond motifs is 1. The summed E-state index contributed by atoms with van der Waals surface area (Å²) in [6, 6.07) is 13.2. The first kappa shape index (κ1) is 18.6. The van der Waals surface area contributed by atoms with Crippen molar-refractivity contribution in [1.82, 2.24) is 0 Å². The van der Waals surface area contributed by atoms with Gasteiger partial charge in [-0.05, 0) is 56.7 Å². The summed E-state index contributed by atoms with van der Waals surface area (Å²) in [6.07, 6.45) is -0.463. The zero-order valence-electron chi connectivity index (χ0n) is 15.5. The molecule has 0 bridgehead atoms. The number of rotatable bonds is 6. The van der Waals surface area contributed by atoms with Crippen LogP contribution in [0, 0.1) is 0 Å². The van der Waals surface area contributed by atoms with Crippen LogP contribution in [0.25, 0.3) is 0 Å². The highest BCUT2D eigenvalue weighted by Crippen LogP contribution is 2.29. The standard InChI is InChI=1S/C21H21NO5/c1-4-18(21(25)26-13(2)3)27-15-11-9-14(10-12-15)22-19(23)16-7-5-6-8-17(16)20(22)24/h5-13,18H,4H2,1-3H3/t18-/m1/s1. The van der Waals surface area contributed by atoms with Gasteiger partial charge in [0.1, 0.15) is 5.75 Å². The topological polar surface area (TPSA) is 72.9 Å². The lowest BCUT2D eigenvalue weighted by molar-refractivity contribution is -0.155. The molecule has 0 radical (unpaired) electrons. The molecule has 1 aliphatic heterocycles. The summed E-state index contributed by atoms with van der Waals surface area (Å²) < 4.78 is 10.9. The Balaban J connectivity index is 1.75. The summed E-state index contributed by atoms with van der Waals surface area (Å²) >= 11 is 0. The Kier molecular flexibility index (Phi) is 5.26. The van der Waals surface area contributed by atoms with Crippen molar-refractivity contribution in [1.29, 1.82) is 0 Å². The van der Waals surface area contributed by atoms with E-state index in [0.717, 1.165) is 4.90 Å². The number of hydrogen-bond acceptors (Lipinski definition) is 5. The SMILES string of the molecule is CC[C@@H](Oc1ccc(N2C(=O)c3ccccc3C2=O)cc1)C(=O)OC(C)C. The van der Waals surface area contributed by atoms with E-state index in [-0.39, 0.29) is 17.9 Å². The Bertz CT molecular complexity index is 837. The minimum Gasteiger partial charge on any atom is -0.479 e. The molecule has 3 rings (SSSR count). The van der Waals surface area contributed by atoms with Crippen LogP contribution in [0.2, 0.25) is 0 Å². The Morgan fingerprint density at radius 1 is 0.963 bits per heavy atom. The predicted molar refractivity (Wildman–Crippen MR) is 100.0 cm³/mol. The second-order valence-corrected chi connectivity index (χ2v) is 6.49. The summed E-state index contributed by atoms with van der Waals surface area (Å²) in [6.45, 7) is 5.39. The lowest BCUT2D eigenvalue weighted by Gasteiger charge is -2.19. The first-order valence-electron chi connectivity index (χ1n) is 8.87. The Morgan fingerprint density at radius 3 is 2.00 bits per heavy atom. The van der Waals surface area contributed by atoms with Gasteiger partial charge in [0.2, 0.25) is 0 Å². The van der Waals surface area contributed by atoms with Crippen molar-refractivity contribution >= 4 is 23.5 Å². The molecule has 6 heteroatoms. The molecule has 140 valence electrons. The highest BCUT2D eigenvalue weighted by Gasteiger charge is 2.36. The Labute approximate surface area is 157 Å². The molecule has 0 saturated heterocycles. The van der Waals surface area contributed by atoms with Crippen molar-refractivity contribution in [3.63, 3.8) is 0 Å². The van der Waals surface area contributed by atoms with E-state index in [9.17, 15) is 14.4 Å². The maximum absolute atomic E-state index is 12.5. The third-order valence-electron chi connectivity index (χ3n) is 4.15. The quantitative estimate of drug-likeness (QED) is 0.576. The van der Waals surface area contributed by atoms with Gasteiger partial charge in [0, 0.05) is 0 Å². The van der Waals surface area contributed by atoms with Gasteiger partial charge >= 0.3 is 5.97 Å². The highest BCUT2D eigenvalue weighted by molar-refractivity contribution is 6.34. The van der Waals surface area contributed by atoms with Gasteiger partial charge < -0.3 is 9.47 Å². The molecule has 0 fully saturated rings. The number of carbonyl (C=O) groups is 3. The van der Waals surface area contributed by atoms with Gasteiger partial charge in [-0.3, -0.25) is 9.59 Å². The van der Waals surface area contributed by atoms with Gasteiger partial charge in [-0.25, -0.2) is 9.69 Å². The van der Waals surface area contributed by atoms with Crippen molar-refractivity contribution in [3.05, 3.63) is 59.7 Å². The number of amides is 2. The highest BCUT2D eigenvalue weighted by atomic mass is 16.6. The lowest BCUT2D eigenvalue weighted by Crippen LogP contribution is -2.31. The molecule has 2 amide bonds. The molecule has 27 heavy (non-hydrogen) atoms. The first-order valence-corrected chi connectivity index (χ1v) is 8.87. The molecule has 0 spiro atoms. The van der Waals surface area contributed by atoms with E-state index in [0.29, 0.717) is 29.0 Å². The summed E-state index contributed by atoms with van der Waals surface area (Å²) in [5, 5.41) is 0. The third-order valence-corrected chi connectivity index (χ3v) is 4.15. The Hall–Kier alpha value is -3.15. The average molecular weight is 367 g/mol. The van der Waals surface area contributed by atoms with Crippen LogP contribution in [0.5, 0.6) is 5.75 Å². The van der Waals surface area contributed by atoms with Crippen molar-refractivity contribution < 1.29 is 23.9 Å². The largest absolute Gasteiger partial charge is 0.479 e. The fourth-order valence-electron chi connectivity index (χ4n) is 2.87. The first-order chi connectivity index (χ1) is 12.9. The Morgan fingerprint density at radius 2 is 1.52 bits per heavy atom. The van der Waals surface area contributed by atoms with Crippen molar-refractivity contribution in [2.75, 3.05) is 4.90 Å². The van der Waals surface area contributed by atoms with E-state index >= 15 is 0 Å². The zero-order chi connectivity index (χ0) is 19.6. The molecule has 0 N–H and O–H groups in total. The van der Waals surface area contributed by atoms with E-state index in [4.69, 9.17) is 9.47 Å². The summed E-state index contributed by atoms with van der Waals surface area (Å²) in [7, 11) is 0. The minimum atomic E-state index is -0.711. The van der Waals surface area contributed by atoms with Gasteiger partial charge in [0.15, 0.2) is 6.10 Å². The number of esters is 1. The van der Waals surface area contributed by atoms with Crippen molar-refractivity contribution in [2.24, 2.45) is 0 Å². The summed E-state index contributed by atoms with van der Waals surface area (Å²) in [5.41, 5.74) is 1.24. The van der Waals surface area contributed by atoms with Crippen LogP contribution in [-0.2, 0) is 9.53 Å². The molecule has 0 unspecified atom stereocenters. The molecule has 0 aromatic heterocycles. The maximum atomic E-state index is 12.5. The van der Waals surface area contributed by atoms with Crippen LogP contribution >= 0.6 is 0 Å².